The maximum absolute atomic E-state index is 10.5. The Hall–Kier alpha value is -0.100. The number of aliphatic carboxylic acids is 1. The quantitative estimate of drug-likeness (QED) is 0.341. The van der Waals surface area contributed by atoms with Crippen LogP contribution < -0.4 is 34.7 Å². The van der Waals surface area contributed by atoms with E-state index in [0.29, 0.717) is 0 Å². The number of hydrogen-bond acceptors (Lipinski definition) is 5. The fourth-order valence-corrected chi connectivity index (χ4v) is 0.436. The topological polar surface area (TPSA) is 86.7 Å². The van der Waals surface area contributed by atoms with Gasteiger partial charge < -0.3 is 19.7 Å². The number of carbonyl (C=O) groups is 2. The van der Waals surface area contributed by atoms with Crippen molar-refractivity contribution in [3.05, 3.63) is 0 Å². The van der Waals surface area contributed by atoms with Gasteiger partial charge in [-0.3, -0.25) is 4.79 Å². The molecule has 12 heavy (non-hydrogen) atoms. The number of aliphatic hydroxyl groups is 1. The number of ether oxygens (including phenoxy) is 1. The molecule has 0 aromatic carbocycles. The van der Waals surface area contributed by atoms with Crippen LogP contribution in [-0.2, 0) is 14.3 Å². The van der Waals surface area contributed by atoms with Crippen molar-refractivity contribution in [2.45, 2.75) is 12.8 Å². The molecule has 0 aliphatic carbocycles. The number of rotatable bonds is 5. The molecule has 0 unspecified atom stereocenters. The Morgan fingerprint density at radius 2 is 1.92 bits per heavy atom. The molecule has 0 aromatic heterocycles. The van der Waals surface area contributed by atoms with Crippen LogP contribution in [0, 0.1) is 0 Å². The van der Waals surface area contributed by atoms with E-state index in [1.165, 1.54) is 0 Å². The van der Waals surface area contributed by atoms with Crippen molar-refractivity contribution in [3.8, 4) is 0 Å². The summed E-state index contributed by atoms with van der Waals surface area (Å²) >= 11 is 0. The van der Waals surface area contributed by atoms with Crippen LogP contribution in [0.4, 0.5) is 0 Å². The smallest absolute Gasteiger partial charge is 0.550 e. The minimum Gasteiger partial charge on any atom is -0.550 e. The molecule has 0 atom stereocenters. The van der Waals surface area contributed by atoms with Crippen molar-refractivity contribution in [3.63, 3.8) is 0 Å². The van der Waals surface area contributed by atoms with E-state index in [1.54, 1.807) is 0 Å². The Labute approximate surface area is 92.0 Å². The Kier molecular flexibility index (Phi) is 10.8. The summed E-state index contributed by atoms with van der Waals surface area (Å²) in [5.74, 6) is -1.92. The summed E-state index contributed by atoms with van der Waals surface area (Å²) in [5, 5.41) is 18.0. The van der Waals surface area contributed by atoms with Crippen LogP contribution in [-0.4, -0.2) is 30.3 Å². The normalized spacial score (nSPS) is 8.42. The van der Waals surface area contributed by atoms with Crippen LogP contribution in [0.5, 0.6) is 0 Å². The Morgan fingerprint density at radius 1 is 1.33 bits per heavy atom. The zero-order valence-corrected chi connectivity index (χ0v) is 8.91. The van der Waals surface area contributed by atoms with Crippen LogP contribution in [0.15, 0.2) is 0 Å². The van der Waals surface area contributed by atoms with Crippen LogP contribution in [0.3, 0.4) is 0 Å². The first-order valence-electron chi connectivity index (χ1n) is 3.13. The van der Waals surface area contributed by atoms with Gasteiger partial charge in [0.15, 0.2) is 0 Å². The molecule has 5 nitrogen and oxygen atoms in total. The second-order valence-electron chi connectivity index (χ2n) is 1.82. The van der Waals surface area contributed by atoms with Gasteiger partial charge in [0.05, 0.1) is 13.0 Å². The van der Waals surface area contributed by atoms with Gasteiger partial charge >= 0.3 is 35.5 Å². The van der Waals surface area contributed by atoms with Crippen molar-refractivity contribution >= 4 is 11.9 Å². The molecule has 0 bridgehead atoms. The van der Waals surface area contributed by atoms with Crippen LogP contribution in [0.25, 0.3) is 0 Å². The van der Waals surface area contributed by atoms with Crippen molar-refractivity contribution in [1.29, 1.82) is 0 Å². The van der Waals surface area contributed by atoms with Gasteiger partial charge in [-0.05, 0) is 6.42 Å². The second kappa shape index (κ2) is 8.99. The fraction of sp³-hybridized carbons (Fsp3) is 0.667. The largest absolute Gasteiger partial charge is 1.00 e. The molecule has 64 valence electrons. The van der Waals surface area contributed by atoms with Gasteiger partial charge in [-0.2, -0.15) is 0 Å². The molecule has 0 amide bonds. The van der Waals surface area contributed by atoms with Crippen LogP contribution in [0.1, 0.15) is 12.8 Å². The average Bonchev–Trinajstić information content (AvgIpc) is 1.97. The Morgan fingerprint density at radius 3 is 2.33 bits per heavy atom. The minimum atomic E-state index is -1.29. The zero-order chi connectivity index (χ0) is 8.69. The molecule has 0 heterocycles. The molecule has 6 heteroatoms. The van der Waals surface area contributed by atoms with E-state index in [2.05, 4.69) is 4.74 Å². The second-order valence-corrected chi connectivity index (χ2v) is 1.82. The molecule has 0 spiro atoms. The fourth-order valence-electron chi connectivity index (χ4n) is 0.436. The maximum Gasteiger partial charge on any atom is 1.00 e. The van der Waals surface area contributed by atoms with Crippen molar-refractivity contribution in [1.82, 2.24) is 0 Å². The third-order valence-corrected chi connectivity index (χ3v) is 0.888. The van der Waals surface area contributed by atoms with Gasteiger partial charge in [0.2, 0.25) is 0 Å². The summed E-state index contributed by atoms with van der Waals surface area (Å²) in [6.45, 7) is -0.344. The summed E-state index contributed by atoms with van der Waals surface area (Å²) in [6, 6.07) is 0. The van der Waals surface area contributed by atoms with E-state index in [-0.39, 0.29) is 55.6 Å². The predicted octanol–water partition coefficient (Wildman–Crippen LogP) is -4.94. The standard InChI is InChI=1S/C6H10O5.Na/c7-3-4-11-6(10)2-1-5(8)9;/h7H,1-4H2,(H,8,9);/q;+1/p-1. The number of carboxylic acids is 1. The molecule has 0 rings (SSSR count). The van der Waals surface area contributed by atoms with Crippen molar-refractivity contribution in [2.24, 2.45) is 0 Å². The molecular formula is C6H9NaO5. The first-order valence-corrected chi connectivity index (χ1v) is 3.13. The van der Waals surface area contributed by atoms with Gasteiger partial charge in [-0.15, -0.1) is 0 Å². The summed E-state index contributed by atoms with van der Waals surface area (Å²) in [5.41, 5.74) is 0. The van der Waals surface area contributed by atoms with Crippen molar-refractivity contribution < 1.29 is 54.1 Å². The zero-order valence-electron chi connectivity index (χ0n) is 6.91. The summed E-state index contributed by atoms with van der Waals surface area (Å²) in [6.07, 6.45) is -0.549. The molecule has 0 saturated carbocycles. The number of esters is 1. The Balaban J connectivity index is 0. The van der Waals surface area contributed by atoms with Crippen molar-refractivity contribution in [2.75, 3.05) is 13.2 Å². The number of carbonyl (C=O) groups excluding carboxylic acids is 2. The van der Waals surface area contributed by atoms with E-state index in [4.69, 9.17) is 5.11 Å². The number of carboxylic acid groups (broad SMARTS) is 1. The number of aliphatic hydroxyl groups excluding tert-OH is 1. The predicted molar refractivity (Wildman–Crippen MR) is 32.3 cm³/mol. The van der Waals surface area contributed by atoms with E-state index >= 15 is 0 Å². The van der Waals surface area contributed by atoms with E-state index in [9.17, 15) is 14.7 Å². The summed E-state index contributed by atoms with van der Waals surface area (Å²) in [7, 11) is 0. The number of hydrogen-bond donors (Lipinski definition) is 1. The van der Waals surface area contributed by atoms with Gasteiger partial charge in [0.25, 0.3) is 0 Å². The SMILES string of the molecule is O=C([O-])CCC(=O)OCCO.[Na+]. The molecule has 0 fully saturated rings. The van der Waals surface area contributed by atoms with Gasteiger partial charge in [0.1, 0.15) is 6.61 Å². The Bertz CT molecular complexity index is 147. The monoisotopic (exact) mass is 184 g/mol. The molecule has 0 saturated heterocycles. The minimum absolute atomic E-state index is 0. The van der Waals surface area contributed by atoms with E-state index in [0.717, 1.165) is 0 Å². The van der Waals surface area contributed by atoms with E-state index in [1.807, 2.05) is 0 Å². The molecule has 0 radical (unpaired) electrons. The molecule has 0 aliphatic rings. The first kappa shape index (κ1) is 14.4. The van der Waals surface area contributed by atoms with Gasteiger partial charge in [-0.1, -0.05) is 0 Å². The molecule has 0 aromatic rings. The summed E-state index contributed by atoms with van der Waals surface area (Å²) in [4.78, 5) is 20.3. The molecule has 0 aliphatic heterocycles. The van der Waals surface area contributed by atoms with Crippen LogP contribution >= 0.6 is 0 Å². The van der Waals surface area contributed by atoms with E-state index < -0.39 is 11.9 Å². The molecular weight excluding hydrogens is 175 g/mol. The first-order chi connectivity index (χ1) is 5.16. The van der Waals surface area contributed by atoms with Gasteiger partial charge in [-0.25, -0.2) is 0 Å². The van der Waals surface area contributed by atoms with Gasteiger partial charge in [0, 0.05) is 5.97 Å². The third kappa shape index (κ3) is 9.90. The van der Waals surface area contributed by atoms with Crippen LogP contribution in [0.2, 0.25) is 0 Å². The summed E-state index contributed by atoms with van der Waals surface area (Å²) < 4.78 is 4.36. The maximum atomic E-state index is 10.5. The third-order valence-electron chi connectivity index (χ3n) is 0.888. The average molecular weight is 184 g/mol. The molecule has 1 N–H and O–H groups in total.